The van der Waals surface area contributed by atoms with E-state index in [1.54, 1.807) is 0 Å². The van der Waals surface area contributed by atoms with Crippen LogP contribution >= 0.6 is 11.8 Å². The Hall–Kier alpha value is -1.00. The normalized spacial score (nSPS) is 20.5. The molecule has 1 aliphatic heterocycles. The highest BCUT2D eigenvalue weighted by atomic mass is 32.2. The number of thioether (sulfide) groups is 1. The Morgan fingerprint density at radius 2 is 2.35 bits per heavy atom. The predicted octanol–water partition coefficient (Wildman–Crippen LogP) is 2.08. The van der Waals surface area contributed by atoms with Crippen molar-refractivity contribution in [3.8, 4) is 0 Å². The zero-order valence-corrected chi connectivity index (χ0v) is 10.8. The minimum absolute atomic E-state index is 0.0479. The van der Waals surface area contributed by atoms with Crippen LogP contribution in [0.3, 0.4) is 0 Å². The maximum absolute atomic E-state index is 11.7. The van der Waals surface area contributed by atoms with E-state index >= 15 is 0 Å². The summed E-state index contributed by atoms with van der Waals surface area (Å²) in [5, 5.41) is 3.07. The molecule has 2 unspecified atom stereocenters. The first-order valence-corrected chi connectivity index (χ1v) is 6.92. The number of rotatable bonds is 3. The lowest BCUT2D eigenvalue weighted by molar-refractivity contribution is -0.122. The fraction of sp³-hybridized carbons (Fsp3) is 0.462. The van der Waals surface area contributed by atoms with Gasteiger partial charge in [-0.25, -0.2) is 0 Å². The standard InChI is InChI=1S/C13H18N2OS/c1-9(14)8-13(16)15-11-6-7-17-12-5-3-2-4-10(11)12/h2-5,9,11H,6-8,14H2,1H3,(H,15,16). The molecule has 0 fully saturated rings. The molecule has 3 nitrogen and oxygen atoms in total. The highest BCUT2D eigenvalue weighted by Gasteiger charge is 2.21. The molecule has 3 N–H and O–H groups in total. The number of benzene rings is 1. The molecular weight excluding hydrogens is 232 g/mol. The van der Waals surface area contributed by atoms with Gasteiger partial charge in [-0.1, -0.05) is 18.2 Å². The first kappa shape index (κ1) is 12.5. The Labute approximate surface area is 106 Å². The van der Waals surface area contributed by atoms with E-state index < -0.39 is 0 Å². The van der Waals surface area contributed by atoms with Gasteiger partial charge in [-0.15, -0.1) is 11.8 Å². The summed E-state index contributed by atoms with van der Waals surface area (Å²) < 4.78 is 0. The van der Waals surface area contributed by atoms with E-state index in [-0.39, 0.29) is 18.0 Å². The third-order valence-corrected chi connectivity index (χ3v) is 3.92. The summed E-state index contributed by atoms with van der Waals surface area (Å²) in [4.78, 5) is 13.0. The third-order valence-electron chi connectivity index (χ3n) is 2.80. The summed E-state index contributed by atoms with van der Waals surface area (Å²) in [6, 6.07) is 8.34. The Bertz CT molecular complexity index is 406. The molecule has 0 aromatic heterocycles. The van der Waals surface area contributed by atoms with Gasteiger partial charge in [0.25, 0.3) is 0 Å². The number of carbonyl (C=O) groups excluding carboxylic acids is 1. The minimum atomic E-state index is -0.0804. The summed E-state index contributed by atoms with van der Waals surface area (Å²) in [6.45, 7) is 1.85. The molecule has 1 heterocycles. The smallest absolute Gasteiger partial charge is 0.222 e. The van der Waals surface area contributed by atoms with Crippen LogP contribution in [0.5, 0.6) is 0 Å². The van der Waals surface area contributed by atoms with E-state index in [1.165, 1.54) is 10.5 Å². The van der Waals surface area contributed by atoms with Crippen LogP contribution in [0, 0.1) is 0 Å². The van der Waals surface area contributed by atoms with E-state index in [4.69, 9.17) is 5.73 Å². The van der Waals surface area contributed by atoms with Gasteiger partial charge >= 0.3 is 0 Å². The second-order valence-corrected chi connectivity index (χ2v) is 5.61. The van der Waals surface area contributed by atoms with E-state index in [2.05, 4.69) is 17.4 Å². The second kappa shape index (κ2) is 5.56. The molecule has 0 radical (unpaired) electrons. The molecule has 1 aliphatic rings. The van der Waals surface area contributed by atoms with Crippen molar-refractivity contribution in [3.05, 3.63) is 29.8 Å². The zero-order valence-electron chi connectivity index (χ0n) is 9.98. The van der Waals surface area contributed by atoms with Crippen molar-refractivity contribution in [2.75, 3.05) is 5.75 Å². The molecular formula is C13H18N2OS. The van der Waals surface area contributed by atoms with Gasteiger partial charge in [0.15, 0.2) is 0 Å². The van der Waals surface area contributed by atoms with Crippen molar-refractivity contribution in [1.29, 1.82) is 0 Å². The highest BCUT2D eigenvalue weighted by molar-refractivity contribution is 7.99. The Balaban J connectivity index is 2.06. The monoisotopic (exact) mass is 250 g/mol. The molecule has 4 heteroatoms. The van der Waals surface area contributed by atoms with Gasteiger partial charge in [-0.2, -0.15) is 0 Å². The van der Waals surface area contributed by atoms with Crippen LogP contribution in [0.4, 0.5) is 0 Å². The molecule has 2 rings (SSSR count). The average Bonchev–Trinajstić information content (AvgIpc) is 2.28. The lowest BCUT2D eigenvalue weighted by Crippen LogP contribution is -2.34. The van der Waals surface area contributed by atoms with Crippen molar-refractivity contribution < 1.29 is 4.79 Å². The molecule has 1 aromatic carbocycles. The summed E-state index contributed by atoms with van der Waals surface area (Å²) in [5.74, 6) is 1.10. The number of hydrogen-bond acceptors (Lipinski definition) is 3. The van der Waals surface area contributed by atoms with Gasteiger partial charge in [0.1, 0.15) is 0 Å². The molecule has 0 aliphatic carbocycles. The van der Waals surface area contributed by atoms with Crippen LogP contribution in [0.15, 0.2) is 29.2 Å². The summed E-state index contributed by atoms with van der Waals surface area (Å²) in [5.41, 5.74) is 6.87. The molecule has 2 atom stereocenters. The average molecular weight is 250 g/mol. The molecule has 92 valence electrons. The van der Waals surface area contributed by atoms with Crippen LogP contribution in [-0.2, 0) is 4.79 Å². The van der Waals surface area contributed by atoms with E-state index in [0.717, 1.165) is 12.2 Å². The van der Waals surface area contributed by atoms with Crippen LogP contribution in [-0.4, -0.2) is 17.7 Å². The van der Waals surface area contributed by atoms with Gasteiger partial charge in [0.05, 0.1) is 6.04 Å². The molecule has 0 spiro atoms. The van der Waals surface area contributed by atoms with E-state index in [1.807, 2.05) is 30.8 Å². The van der Waals surface area contributed by atoms with Crippen LogP contribution in [0.2, 0.25) is 0 Å². The number of fused-ring (bicyclic) bond motifs is 1. The molecule has 1 aromatic rings. The van der Waals surface area contributed by atoms with Crippen LogP contribution in [0.1, 0.15) is 31.4 Å². The SMILES string of the molecule is CC(N)CC(=O)NC1CCSc2ccccc21. The van der Waals surface area contributed by atoms with Gasteiger partial charge < -0.3 is 11.1 Å². The van der Waals surface area contributed by atoms with Crippen molar-refractivity contribution in [2.45, 2.75) is 36.7 Å². The van der Waals surface area contributed by atoms with Crippen molar-refractivity contribution in [2.24, 2.45) is 5.73 Å². The highest BCUT2D eigenvalue weighted by Crippen LogP contribution is 2.35. The zero-order chi connectivity index (χ0) is 12.3. The third kappa shape index (κ3) is 3.23. The fourth-order valence-corrected chi connectivity index (χ4v) is 3.16. The summed E-state index contributed by atoms with van der Waals surface area (Å²) in [7, 11) is 0. The molecule has 1 amide bonds. The number of nitrogens with one attached hydrogen (secondary N) is 1. The topological polar surface area (TPSA) is 55.1 Å². The maximum atomic E-state index is 11.7. The number of carbonyl (C=O) groups is 1. The maximum Gasteiger partial charge on any atom is 0.222 e. The quantitative estimate of drug-likeness (QED) is 0.863. The Morgan fingerprint density at radius 1 is 1.59 bits per heavy atom. The van der Waals surface area contributed by atoms with Crippen LogP contribution < -0.4 is 11.1 Å². The molecule has 0 saturated carbocycles. The minimum Gasteiger partial charge on any atom is -0.349 e. The summed E-state index contributed by atoms with van der Waals surface area (Å²) >= 11 is 1.86. The van der Waals surface area contributed by atoms with E-state index in [0.29, 0.717) is 6.42 Å². The first-order valence-electron chi connectivity index (χ1n) is 5.93. The molecule has 17 heavy (non-hydrogen) atoms. The van der Waals surface area contributed by atoms with E-state index in [9.17, 15) is 4.79 Å². The first-order chi connectivity index (χ1) is 8.16. The van der Waals surface area contributed by atoms with Crippen LogP contribution in [0.25, 0.3) is 0 Å². The molecule has 0 bridgehead atoms. The summed E-state index contributed by atoms with van der Waals surface area (Å²) in [6.07, 6.45) is 1.39. The lowest BCUT2D eigenvalue weighted by atomic mass is 10.0. The Kier molecular flexibility index (Phi) is 4.07. The lowest BCUT2D eigenvalue weighted by Gasteiger charge is -2.26. The van der Waals surface area contributed by atoms with Gasteiger partial charge in [-0.05, 0) is 25.0 Å². The van der Waals surface area contributed by atoms with Gasteiger partial charge in [0.2, 0.25) is 5.91 Å². The van der Waals surface area contributed by atoms with Crippen molar-refractivity contribution in [1.82, 2.24) is 5.32 Å². The number of nitrogens with two attached hydrogens (primary N) is 1. The molecule has 0 saturated heterocycles. The number of hydrogen-bond donors (Lipinski definition) is 2. The Morgan fingerprint density at radius 3 is 3.12 bits per heavy atom. The fourth-order valence-electron chi connectivity index (χ4n) is 2.04. The largest absolute Gasteiger partial charge is 0.349 e. The van der Waals surface area contributed by atoms with Gasteiger partial charge in [-0.3, -0.25) is 4.79 Å². The van der Waals surface area contributed by atoms with Gasteiger partial charge in [0, 0.05) is 23.1 Å². The predicted molar refractivity (Wildman–Crippen MR) is 70.9 cm³/mol. The number of amides is 1. The van der Waals surface area contributed by atoms with Crippen molar-refractivity contribution in [3.63, 3.8) is 0 Å². The van der Waals surface area contributed by atoms with Crippen molar-refractivity contribution >= 4 is 17.7 Å². The second-order valence-electron chi connectivity index (χ2n) is 4.48.